The first-order valence-electron chi connectivity index (χ1n) is 7.80. The molecule has 0 atom stereocenters. The van der Waals surface area contributed by atoms with Crippen molar-refractivity contribution < 1.29 is 17.6 Å². The monoisotopic (exact) mass is 347 g/mol. The van der Waals surface area contributed by atoms with E-state index in [1.54, 1.807) is 0 Å². The number of fused-ring (bicyclic) bond motifs is 1. The van der Waals surface area contributed by atoms with Crippen molar-refractivity contribution >= 4 is 16.7 Å². The zero-order valence-electron chi connectivity index (χ0n) is 13.0. The predicted octanol–water partition coefficient (Wildman–Crippen LogP) is 3.87. The van der Waals surface area contributed by atoms with Gasteiger partial charge in [-0.15, -0.1) is 0 Å². The van der Waals surface area contributed by atoms with Crippen LogP contribution in [0, 0.1) is 29.2 Å². The number of aromatic nitrogens is 2. The zero-order chi connectivity index (χ0) is 17.6. The van der Waals surface area contributed by atoms with Gasteiger partial charge in [0.1, 0.15) is 29.3 Å². The molecule has 2 aromatic carbocycles. The summed E-state index contributed by atoms with van der Waals surface area (Å²) in [5, 5.41) is 0.438. The summed E-state index contributed by atoms with van der Waals surface area (Å²) in [7, 11) is 0. The van der Waals surface area contributed by atoms with Gasteiger partial charge in [-0.1, -0.05) is 6.07 Å². The van der Waals surface area contributed by atoms with Crippen LogP contribution in [0.2, 0.25) is 0 Å². The lowest BCUT2D eigenvalue weighted by Gasteiger charge is -2.40. The molecule has 0 aliphatic carbocycles. The Hall–Kier alpha value is -2.70. The summed E-state index contributed by atoms with van der Waals surface area (Å²) >= 11 is 0. The molecule has 0 unspecified atom stereocenters. The Morgan fingerprint density at radius 1 is 0.960 bits per heavy atom. The van der Waals surface area contributed by atoms with E-state index >= 15 is 0 Å². The minimum absolute atomic E-state index is 0.0574. The molecule has 0 bridgehead atoms. The first-order chi connectivity index (χ1) is 12.0. The topological polar surface area (TPSA) is 29.0 Å². The van der Waals surface area contributed by atoms with Gasteiger partial charge in [-0.3, -0.25) is 0 Å². The third-order valence-corrected chi connectivity index (χ3v) is 4.46. The number of anilines is 1. The fourth-order valence-electron chi connectivity index (χ4n) is 3.18. The number of nitrogens with zero attached hydrogens (tertiary/aromatic N) is 3. The summed E-state index contributed by atoms with van der Waals surface area (Å²) in [6, 6.07) is 6.07. The Balaban J connectivity index is 1.53. The van der Waals surface area contributed by atoms with Crippen molar-refractivity contribution in [3.8, 4) is 0 Å². The van der Waals surface area contributed by atoms with Gasteiger partial charge >= 0.3 is 0 Å². The van der Waals surface area contributed by atoms with Crippen LogP contribution in [0.3, 0.4) is 0 Å². The molecule has 25 heavy (non-hydrogen) atoms. The van der Waals surface area contributed by atoms with E-state index in [-0.39, 0.29) is 11.4 Å². The second-order valence-corrected chi connectivity index (χ2v) is 6.17. The molecule has 1 fully saturated rings. The SMILES string of the molecule is Fc1ccc(CC2CN(c3ncnc4c(F)c(F)ccc34)C2)c(F)c1. The van der Waals surface area contributed by atoms with Crippen molar-refractivity contribution in [1.82, 2.24) is 9.97 Å². The first kappa shape index (κ1) is 15.8. The fourth-order valence-corrected chi connectivity index (χ4v) is 3.18. The summed E-state index contributed by atoms with van der Waals surface area (Å²) in [6.07, 6.45) is 1.68. The number of rotatable bonds is 3. The largest absolute Gasteiger partial charge is 0.355 e. The van der Waals surface area contributed by atoms with E-state index in [4.69, 9.17) is 0 Å². The number of halogens is 4. The van der Waals surface area contributed by atoms with Crippen molar-refractivity contribution in [1.29, 1.82) is 0 Å². The Morgan fingerprint density at radius 3 is 2.52 bits per heavy atom. The van der Waals surface area contributed by atoms with Gasteiger partial charge in [-0.05, 0) is 36.1 Å². The first-order valence-corrected chi connectivity index (χ1v) is 7.80. The fraction of sp³-hybridized carbons (Fsp3) is 0.222. The molecule has 7 heteroatoms. The van der Waals surface area contributed by atoms with Crippen LogP contribution in [0.5, 0.6) is 0 Å². The van der Waals surface area contributed by atoms with Crippen LogP contribution < -0.4 is 4.90 Å². The molecule has 3 nitrogen and oxygen atoms in total. The van der Waals surface area contributed by atoms with Crippen LogP contribution in [0.15, 0.2) is 36.7 Å². The summed E-state index contributed by atoms with van der Waals surface area (Å²) in [5.74, 6) is -2.39. The van der Waals surface area contributed by atoms with Gasteiger partial charge in [-0.25, -0.2) is 27.5 Å². The normalized spacial score (nSPS) is 14.8. The third kappa shape index (κ3) is 2.79. The summed E-state index contributed by atoms with van der Waals surface area (Å²) in [5.41, 5.74) is 0.407. The maximum atomic E-state index is 13.8. The van der Waals surface area contributed by atoms with Crippen molar-refractivity contribution in [2.45, 2.75) is 6.42 Å². The van der Waals surface area contributed by atoms with Gasteiger partial charge in [0.25, 0.3) is 0 Å². The molecule has 0 N–H and O–H groups in total. The molecule has 1 saturated heterocycles. The predicted molar refractivity (Wildman–Crippen MR) is 85.2 cm³/mol. The molecule has 1 aliphatic rings. The van der Waals surface area contributed by atoms with Crippen LogP contribution >= 0.6 is 0 Å². The molecular weight excluding hydrogens is 334 g/mol. The lowest BCUT2D eigenvalue weighted by atomic mass is 9.91. The van der Waals surface area contributed by atoms with Gasteiger partial charge in [0.05, 0.1) is 0 Å². The van der Waals surface area contributed by atoms with Gasteiger partial charge in [-0.2, -0.15) is 0 Å². The quantitative estimate of drug-likeness (QED) is 0.674. The highest BCUT2D eigenvalue weighted by atomic mass is 19.2. The molecule has 128 valence electrons. The summed E-state index contributed by atoms with van der Waals surface area (Å²) in [4.78, 5) is 9.89. The molecular formula is C18H13F4N3. The Morgan fingerprint density at radius 2 is 1.76 bits per heavy atom. The molecule has 0 spiro atoms. The summed E-state index contributed by atoms with van der Waals surface area (Å²) in [6.45, 7) is 1.20. The average Bonchev–Trinajstić information content (AvgIpc) is 2.55. The Bertz CT molecular complexity index is 954. The van der Waals surface area contributed by atoms with Crippen molar-refractivity contribution in [2.75, 3.05) is 18.0 Å². The van der Waals surface area contributed by atoms with Gasteiger partial charge in [0.15, 0.2) is 11.6 Å². The third-order valence-electron chi connectivity index (χ3n) is 4.46. The van der Waals surface area contributed by atoms with E-state index < -0.39 is 23.3 Å². The lowest BCUT2D eigenvalue weighted by Crippen LogP contribution is -2.48. The molecule has 3 aromatic rings. The highest BCUT2D eigenvalue weighted by molar-refractivity contribution is 5.90. The molecule has 0 amide bonds. The second kappa shape index (κ2) is 5.98. The van der Waals surface area contributed by atoms with Crippen LogP contribution in [0.4, 0.5) is 23.4 Å². The number of benzene rings is 2. The standard InChI is InChI=1S/C18H13F4N3/c19-12-2-1-11(15(21)6-12)5-10-7-25(8-10)18-13-3-4-14(20)16(22)17(13)23-9-24-18/h1-4,6,9-10H,5,7-8H2. The van der Waals surface area contributed by atoms with Crippen molar-refractivity contribution in [2.24, 2.45) is 5.92 Å². The van der Waals surface area contributed by atoms with Gasteiger partial charge < -0.3 is 4.90 Å². The number of hydrogen-bond acceptors (Lipinski definition) is 3. The molecule has 1 aliphatic heterocycles. The van der Waals surface area contributed by atoms with E-state index in [2.05, 4.69) is 9.97 Å². The molecule has 0 radical (unpaired) electrons. The molecule has 1 aromatic heterocycles. The summed E-state index contributed by atoms with van der Waals surface area (Å²) < 4.78 is 53.9. The smallest absolute Gasteiger partial charge is 0.185 e. The van der Waals surface area contributed by atoms with Gasteiger partial charge in [0, 0.05) is 24.5 Å². The zero-order valence-corrected chi connectivity index (χ0v) is 13.0. The van der Waals surface area contributed by atoms with E-state index in [0.29, 0.717) is 36.3 Å². The molecule has 4 rings (SSSR count). The average molecular weight is 347 g/mol. The Labute approximate surface area is 140 Å². The molecule has 2 heterocycles. The maximum Gasteiger partial charge on any atom is 0.185 e. The second-order valence-electron chi connectivity index (χ2n) is 6.17. The minimum Gasteiger partial charge on any atom is -0.355 e. The maximum absolute atomic E-state index is 13.8. The van der Waals surface area contributed by atoms with Crippen LogP contribution in [0.25, 0.3) is 10.9 Å². The lowest BCUT2D eigenvalue weighted by molar-refractivity contribution is 0.399. The van der Waals surface area contributed by atoms with Crippen LogP contribution in [-0.2, 0) is 6.42 Å². The van der Waals surface area contributed by atoms with E-state index in [1.807, 2.05) is 4.90 Å². The van der Waals surface area contributed by atoms with E-state index in [0.717, 1.165) is 12.1 Å². The van der Waals surface area contributed by atoms with Gasteiger partial charge in [0.2, 0.25) is 0 Å². The molecule has 0 saturated carbocycles. The van der Waals surface area contributed by atoms with Crippen LogP contribution in [0.1, 0.15) is 5.56 Å². The minimum atomic E-state index is -0.994. The van der Waals surface area contributed by atoms with Crippen molar-refractivity contribution in [3.05, 3.63) is 65.5 Å². The van der Waals surface area contributed by atoms with E-state index in [9.17, 15) is 17.6 Å². The van der Waals surface area contributed by atoms with Crippen molar-refractivity contribution in [3.63, 3.8) is 0 Å². The van der Waals surface area contributed by atoms with Crippen LogP contribution in [-0.4, -0.2) is 23.1 Å². The highest BCUT2D eigenvalue weighted by Crippen LogP contribution is 2.32. The van der Waals surface area contributed by atoms with E-state index in [1.165, 1.54) is 24.5 Å². The number of hydrogen-bond donors (Lipinski definition) is 0. The Kier molecular flexibility index (Phi) is 3.78. The highest BCUT2D eigenvalue weighted by Gasteiger charge is 2.30.